The molecule has 0 aromatic heterocycles. The molecule has 1 aromatic carbocycles. The van der Waals surface area contributed by atoms with Crippen LogP contribution in [0.25, 0.3) is 3.08 Å². The zero-order chi connectivity index (χ0) is 12.1. The predicted octanol–water partition coefficient (Wildman–Crippen LogP) is 3.83. The van der Waals surface area contributed by atoms with E-state index >= 15 is 0 Å². The second kappa shape index (κ2) is 6.62. The molecule has 0 bridgehead atoms. The molecule has 0 saturated carbocycles. The van der Waals surface area contributed by atoms with Crippen LogP contribution in [0.4, 0.5) is 0 Å². The van der Waals surface area contributed by atoms with Gasteiger partial charge in [0, 0.05) is 0 Å². The van der Waals surface area contributed by atoms with Crippen molar-refractivity contribution in [1.29, 1.82) is 0 Å². The number of carbonyl (C=O) groups excluding carboxylic acids is 1. The van der Waals surface area contributed by atoms with Gasteiger partial charge in [-0.3, -0.25) is 0 Å². The van der Waals surface area contributed by atoms with Gasteiger partial charge in [-0.15, -0.1) is 0 Å². The van der Waals surface area contributed by atoms with Crippen LogP contribution in [-0.4, -0.2) is 5.97 Å². The van der Waals surface area contributed by atoms with Crippen LogP contribution < -0.4 is 0 Å². The minimum atomic E-state index is -1.70. The zero-order valence-corrected chi connectivity index (χ0v) is 16.1. The standard InChI is InChI=1S/C11H10ClO2.ClH.Hg/c1-8(14-9(2)13)6-10-4-3-5-11(12)7-10;;/h3-5,7H,1-2H3;1H;/q;;+1/p-1. The van der Waals surface area contributed by atoms with E-state index in [2.05, 4.69) is 0 Å². The first-order chi connectivity index (χ1) is 7.54. The van der Waals surface area contributed by atoms with Crippen LogP contribution in [0.3, 0.4) is 0 Å². The summed E-state index contributed by atoms with van der Waals surface area (Å²) < 4.78 is 6.05. The molecule has 0 radical (unpaired) electrons. The molecule has 0 spiro atoms. The summed E-state index contributed by atoms with van der Waals surface area (Å²) in [6, 6.07) is 7.43. The molecule has 0 aliphatic rings. The summed E-state index contributed by atoms with van der Waals surface area (Å²) in [5, 5.41) is 0.657. The molecule has 0 N–H and O–H groups in total. The van der Waals surface area contributed by atoms with Crippen molar-refractivity contribution < 1.29 is 32.9 Å². The van der Waals surface area contributed by atoms with Crippen LogP contribution in [0, 0.1) is 0 Å². The van der Waals surface area contributed by atoms with Crippen LogP contribution in [0.1, 0.15) is 19.4 Å². The number of esters is 1. The average Bonchev–Trinajstić information content (AvgIpc) is 2.17. The molecule has 0 saturated heterocycles. The van der Waals surface area contributed by atoms with Gasteiger partial charge in [-0.05, 0) is 0 Å². The molecule has 0 amide bonds. The van der Waals surface area contributed by atoms with Gasteiger partial charge in [0.15, 0.2) is 0 Å². The molecule has 0 atom stereocenters. The minimum absolute atomic E-state index is 0.324. The van der Waals surface area contributed by atoms with E-state index in [-0.39, 0.29) is 5.97 Å². The first-order valence-corrected chi connectivity index (χ1v) is 14.6. The van der Waals surface area contributed by atoms with Gasteiger partial charge in [-0.2, -0.15) is 0 Å². The summed E-state index contributed by atoms with van der Waals surface area (Å²) in [5.41, 5.74) is 0.961. The fraction of sp³-hybridized carbons (Fsp3) is 0.182. The number of halogens is 2. The normalized spacial score (nSPS) is 11.5. The molecule has 2 nitrogen and oxygen atoms in total. The van der Waals surface area contributed by atoms with E-state index in [1.165, 1.54) is 6.92 Å². The van der Waals surface area contributed by atoms with E-state index in [0.29, 0.717) is 10.8 Å². The van der Waals surface area contributed by atoms with Crippen molar-refractivity contribution in [2.45, 2.75) is 13.8 Å². The second-order valence-electron chi connectivity index (χ2n) is 3.27. The zero-order valence-electron chi connectivity index (χ0n) is 9.09. The first kappa shape index (κ1) is 14.0. The number of carbonyl (C=O) groups is 1. The molecule has 82 valence electrons. The summed E-state index contributed by atoms with van der Waals surface area (Å²) in [7, 11) is 6.06. The van der Waals surface area contributed by atoms with Crippen molar-refractivity contribution in [2.75, 3.05) is 0 Å². The maximum atomic E-state index is 10.9. The van der Waals surface area contributed by atoms with Crippen molar-refractivity contribution in [3.05, 3.63) is 40.6 Å². The van der Waals surface area contributed by atoms with Crippen molar-refractivity contribution in [3.8, 4) is 0 Å². The number of allylic oxidation sites excluding steroid dienone is 1. The Labute approximate surface area is 115 Å². The second-order valence-corrected chi connectivity index (χ2v) is 9.84. The number of hydrogen-bond donors (Lipinski definition) is 0. The molecular formula is C11H10Cl2HgO2. The number of hydrogen-bond acceptors (Lipinski definition) is 2. The Hall–Kier alpha value is -0.0549. The van der Waals surface area contributed by atoms with E-state index in [4.69, 9.17) is 24.6 Å². The molecule has 0 unspecified atom stereocenters. The van der Waals surface area contributed by atoms with E-state index in [1.54, 1.807) is 13.0 Å². The van der Waals surface area contributed by atoms with E-state index < -0.39 is 23.3 Å². The van der Waals surface area contributed by atoms with Crippen LogP contribution in [-0.2, 0) is 32.9 Å². The molecule has 1 rings (SSSR count). The summed E-state index contributed by atoms with van der Waals surface area (Å²) >= 11 is 4.21. The van der Waals surface area contributed by atoms with E-state index in [0.717, 1.165) is 8.65 Å². The number of rotatable bonds is 3. The molecule has 16 heavy (non-hydrogen) atoms. The van der Waals surface area contributed by atoms with Gasteiger partial charge in [0.2, 0.25) is 0 Å². The Morgan fingerprint density at radius 1 is 1.38 bits per heavy atom. The maximum absolute atomic E-state index is 10.9. The Kier molecular flexibility index (Phi) is 5.80. The van der Waals surface area contributed by atoms with E-state index in [1.807, 2.05) is 18.2 Å². The molecule has 0 heterocycles. The van der Waals surface area contributed by atoms with Crippen molar-refractivity contribution >= 4 is 28.9 Å². The van der Waals surface area contributed by atoms with Crippen LogP contribution in [0.15, 0.2) is 30.0 Å². The van der Waals surface area contributed by atoms with E-state index in [9.17, 15) is 4.79 Å². The first-order valence-electron chi connectivity index (χ1n) is 4.74. The molecule has 1 aromatic rings. The van der Waals surface area contributed by atoms with Gasteiger partial charge >= 0.3 is 116 Å². The fourth-order valence-electron chi connectivity index (χ4n) is 1.33. The number of ether oxygens (including phenoxy) is 1. The van der Waals surface area contributed by atoms with Gasteiger partial charge < -0.3 is 0 Å². The number of benzene rings is 1. The SMILES string of the molecule is CC(=O)O/C(C)=[C](\[Hg][Cl])c1cccc(Cl)c1. The third kappa shape index (κ3) is 4.08. The van der Waals surface area contributed by atoms with Gasteiger partial charge in [0.05, 0.1) is 0 Å². The fourth-order valence-corrected chi connectivity index (χ4v) is 6.99. The average molecular weight is 446 g/mol. The van der Waals surface area contributed by atoms with Crippen molar-refractivity contribution in [2.24, 2.45) is 0 Å². The Morgan fingerprint density at radius 2 is 2.06 bits per heavy atom. The predicted molar refractivity (Wildman–Crippen MR) is 61.7 cm³/mol. The molecule has 5 heteroatoms. The molecule has 0 fully saturated rings. The Balaban J connectivity index is 3.10. The van der Waals surface area contributed by atoms with Crippen LogP contribution in [0.5, 0.6) is 0 Å². The summed E-state index contributed by atoms with van der Waals surface area (Å²) in [6.45, 7) is 3.14. The third-order valence-electron chi connectivity index (χ3n) is 2.03. The summed E-state index contributed by atoms with van der Waals surface area (Å²) in [6.07, 6.45) is 0. The summed E-state index contributed by atoms with van der Waals surface area (Å²) in [5.74, 6) is 0.280. The van der Waals surface area contributed by atoms with Crippen molar-refractivity contribution in [3.63, 3.8) is 0 Å². The Morgan fingerprint density at radius 3 is 2.56 bits per heavy atom. The summed E-state index contributed by atoms with van der Waals surface area (Å²) in [4.78, 5) is 10.9. The quantitative estimate of drug-likeness (QED) is 0.402. The van der Waals surface area contributed by atoms with Crippen molar-refractivity contribution in [1.82, 2.24) is 0 Å². The molecule has 0 aliphatic heterocycles. The molecule has 0 aliphatic carbocycles. The van der Waals surface area contributed by atoms with Crippen LogP contribution in [0.2, 0.25) is 5.02 Å². The third-order valence-corrected chi connectivity index (χ3v) is 9.17. The van der Waals surface area contributed by atoms with Gasteiger partial charge in [-0.1, -0.05) is 0 Å². The molecular weight excluding hydrogens is 436 g/mol. The monoisotopic (exact) mass is 446 g/mol. The van der Waals surface area contributed by atoms with Crippen LogP contribution >= 0.6 is 19.9 Å². The van der Waals surface area contributed by atoms with Gasteiger partial charge in [-0.25, -0.2) is 0 Å². The van der Waals surface area contributed by atoms with Gasteiger partial charge in [0.25, 0.3) is 0 Å². The topological polar surface area (TPSA) is 26.3 Å². The Bertz CT molecular complexity index is 430. The van der Waals surface area contributed by atoms with Gasteiger partial charge in [0.1, 0.15) is 0 Å².